The Kier molecular flexibility index (Phi) is 6.26. The number of hydrogen-bond donors (Lipinski definition) is 1. The maximum atomic E-state index is 12.0. The minimum absolute atomic E-state index is 0. The van der Waals surface area contributed by atoms with E-state index in [4.69, 9.17) is 5.73 Å². The van der Waals surface area contributed by atoms with Crippen molar-refractivity contribution in [2.24, 2.45) is 5.73 Å². The Balaban J connectivity index is 0.00000264. The van der Waals surface area contributed by atoms with Gasteiger partial charge in [0.15, 0.2) is 0 Å². The molecule has 23 heavy (non-hydrogen) atoms. The molecule has 0 fully saturated rings. The SMILES string of the molecule is CCC(CS(C)(=O)=O)(C(N)=O)c1cnc(-c2cccnc2)s1.Cl. The number of hydrogen-bond acceptors (Lipinski definition) is 6. The van der Waals surface area contributed by atoms with Gasteiger partial charge < -0.3 is 5.73 Å². The van der Waals surface area contributed by atoms with Crippen molar-refractivity contribution in [2.45, 2.75) is 18.8 Å². The molecule has 1 unspecified atom stereocenters. The summed E-state index contributed by atoms with van der Waals surface area (Å²) in [4.78, 5) is 20.9. The second kappa shape index (κ2) is 7.37. The van der Waals surface area contributed by atoms with Gasteiger partial charge in [-0.15, -0.1) is 23.7 Å². The van der Waals surface area contributed by atoms with E-state index in [0.717, 1.165) is 11.8 Å². The van der Waals surface area contributed by atoms with Crippen molar-refractivity contribution in [1.29, 1.82) is 0 Å². The predicted octanol–water partition coefficient (Wildman–Crippen LogP) is 1.80. The standard InChI is InChI=1S/C14H17N3O3S2.ClH/c1-3-14(13(15)18,9-22(2,19)20)11-8-17-12(21-11)10-5-4-6-16-7-10;/h4-8H,3,9H2,1-2H3,(H2,15,18);1H. The van der Waals surface area contributed by atoms with Crippen LogP contribution in [0.4, 0.5) is 0 Å². The van der Waals surface area contributed by atoms with Gasteiger partial charge in [-0.1, -0.05) is 6.92 Å². The van der Waals surface area contributed by atoms with Crippen LogP contribution in [0.1, 0.15) is 18.2 Å². The van der Waals surface area contributed by atoms with Crippen molar-refractivity contribution in [3.63, 3.8) is 0 Å². The van der Waals surface area contributed by atoms with Crippen LogP contribution in [0.3, 0.4) is 0 Å². The molecule has 2 N–H and O–H groups in total. The first-order valence-electron chi connectivity index (χ1n) is 6.63. The van der Waals surface area contributed by atoms with Crippen LogP contribution in [-0.2, 0) is 20.0 Å². The lowest BCUT2D eigenvalue weighted by Crippen LogP contribution is -2.45. The third-order valence-corrected chi connectivity index (χ3v) is 5.74. The number of carbonyl (C=O) groups excluding carboxylic acids is 1. The van der Waals surface area contributed by atoms with Crippen molar-refractivity contribution >= 4 is 39.5 Å². The lowest BCUT2D eigenvalue weighted by molar-refractivity contribution is -0.122. The molecule has 0 aliphatic rings. The average Bonchev–Trinajstić information content (AvgIpc) is 2.94. The van der Waals surface area contributed by atoms with E-state index in [1.165, 1.54) is 17.5 Å². The fraction of sp³-hybridized carbons (Fsp3) is 0.357. The van der Waals surface area contributed by atoms with Crippen molar-refractivity contribution in [3.05, 3.63) is 35.6 Å². The summed E-state index contributed by atoms with van der Waals surface area (Å²) in [7, 11) is -3.38. The van der Waals surface area contributed by atoms with Crippen LogP contribution in [0.2, 0.25) is 0 Å². The number of sulfone groups is 1. The van der Waals surface area contributed by atoms with E-state index < -0.39 is 21.2 Å². The molecule has 9 heteroatoms. The van der Waals surface area contributed by atoms with Gasteiger partial charge in [0.1, 0.15) is 14.8 Å². The van der Waals surface area contributed by atoms with Gasteiger partial charge in [-0.25, -0.2) is 13.4 Å². The third kappa shape index (κ3) is 4.27. The summed E-state index contributed by atoms with van der Waals surface area (Å²) in [5.74, 6) is -0.970. The maximum absolute atomic E-state index is 12.0. The van der Waals surface area contributed by atoms with Crippen LogP contribution < -0.4 is 5.73 Å². The van der Waals surface area contributed by atoms with Crippen molar-refractivity contribution in [1.82, 2.24) is 9.97 Å². The Morgan fingerprint density at radius 3 is 2.57 bits per heavy atom. The highest BCUT2D eigenvalue weighted by Gasteiger charge is 2.41. The summed E-state index contributed by atoms with van der Waals surface area (Å²) in [6.07, 6.45) is 6.25. The zero-order chi connectivity index (χ0) is 16.4. The molecule has 0 aliphatic carbocycles. The molecule has 2 rings (SSSR count). The number of nitrogens with two attached hydrogens (primary N) is 1. The van der Waals surface area contributed by atoms with Crippen molar-refractivity contribution in [3.8, 4) is 10.6 Å². The molecule has 2 heterocycles. The zero-order valence-electron chi connectivity index (χ0n) is 12.7. The van der Waals surface area contributed by atoms with E-state index in [0.29, 0.717) is 16.3 Å². The molecule has 0 aliphatic heterocycles. The highest BCUT2D eigenvalue weighted by atomic mass is 35.5. The fourth-order valence-electron chi connectivity index (χ4n) is 2.28. The molecule has 126 valence electrons. The molecular weight excluding hydrogens is 358 g/mol. The number of aromatic nitrogens is 2. The average molecular weight is 376 g/mol. The minimum Gasteiger partial charge on any atom is -0.369 e. The summed E-state index contributed by atoms with van der Waals surface area (Å²) in [6, 6.07) is 3.64. The number of halogens is 1. The van der Waals surface area contributed by atoms with Crippen LogP contribution in [0.15, 0.2) is 30.7 Å². The lowest BCUT2D eigenvalue weighted by Gasteiger charge is -2.26. The Labute approximate surface area is 145 Å². The molecule has 1 atom stereocenters. The molecule has 0 radical (unpaired) electrons. The van der Waals surface area contributed by atoms with Crippen LogP contribution in [0.25, 0.3) is 10.6 Å². The highest BCUT2D eigenvalue weighted by molar-refractivity contribution is 7.90. The first-order chi connectivity index (χ1) is 10.3. The second-order valence-corrected chi connectivity index (χ2v) is 8.31. The molecule has 0 aromatic carbocycles. The first-order valence-corrected chi connectivity index (χ1v) is 9.50. The summed E-state index contributed by atoms with van der Waals surface area (Å²) >= 11 is 1.27. The van der Waals surface area contributed by atoms with Gasteiger partial charge in [0.25, 0.3) is 0 Å². The van der Waals surface area contributed by atoms with Crippen LogP contribution in [0.5, 0.6) is 0 Å². The number of thiazole rings is 1. The van der Waals surface area contributed by atoms with Crippen LogP contribution in [0, 0.1) is 0 Å². The molecule has 0 bridgehead atoms. The fourth-order valence-corrected chi connectivity index (χ4v) is 4.94. The normalized spacial score (nSPS) is 13.8. The first kappa shape index (κ1) is 19.5. The number of rotatable bonds is 6. The Morgan fingerprint density at radius 2 is 2.09 bits per heavy atom. The van der Waals surface area contributed by atoms with E-state index in [-0.39, 0.29) is 18.2 Å². The largest absolute Gasteiger partial charge is 0.369 e. The predicted molar refractivity (Wildman–Crippen MR) is 93.5 cm³/mol. The molecule has 2 aromatic rings. The van der Waals surface area contributed by atoms with Gasteiger partial charge in [-0.3, -0.25) is 9.78 Å². The number of carbonyl (C=O) groups is 1. The van der Waals surface area contributed by atoms with Gasteiger partial charge in [-0.05, 0) is 18.6 Å². The van der Waals surface area contributed by atoms with Gasteiger partial charge >= 0.3 is 0 Å². The quantitative estimate of drug-likeness (QED) is 0.829. The smallest absolute Gasteiger partial charge is 0.230 e. The number of nitrogens with zero attached hydrogens (tertiary/aromatic N) is 2. The Bertz CT molecular complexity index is 778. The second-order valence-electron chi connectivity index (χ2n) is 5.14. The Morgan fingerprint density at radius 1 is 1.39 bits per heavy atom. The zero-order valence-corrected chi connectivity index (χ0v) is 15.2. The topological polar surface area (TPSA) is 103 Å². The minimum atomic E-state index is -3.38. The van der Waals surface area contributed by atoms with Crippen molar-refractivity contribution < 1.29 is 13.2 Å². The maximum Gasteiger partial charge on any atom is 0.230 e. The molecule has 0 saturated heterocycles. The summed E-state index contributed by atoms with van der Waals surface area (Å²) in [5.41, 5.74) is 5.10. The van der Waals surface area contributed by atoms with Gasteiger partial charge in [0.05, 0.1) is 11.2 Å². The van der Waals surface area contributed by atoms with Gasteiger partial charge in [0, 0.05) is 35.3 Å². The molecule has 1 amide bonds. The van der Waals surface area contributed by atoms with Gasteiger partial charge in [0.2, 0.25) is 5.91 Å². The monoisotopic (exact) mass is 375 g/mol. The van der Waals surface area contributed by atoms with Crippen molar-refractivity contribution in [2.75, 3.05) is 12.0 Å². The molecular formula is C14H18ClN3O3S2. The van der Waals surface area contributed by atoms with E-state index in [2.05, 4.69) is 9.97 Å². The number of primary amides is 1. The summed E-state index contributed by atoms with van der Waals surface area (Å²) < 4.78 is 23.5. The molecule has 6 nitrogen and oxygen atoms in total. The van der Waals surface area contributed by atoms with E-state index in [9.17, 15) is 13.2 Å². The van der Waals surface area contributed by atoms with E-state index >= 15 is 0 Å². The van der Waals surface area contributed by atoms with Crippen LogP contribution >= 0.6 is 23.7 Å². The number of pyridine rings is 1. The molecule has 2 aromatic heterocycles. The summed E-state index contributed by atoms with van der Waals surface area (Å²) in [5, 5.41) is 0.677. The van der Waals surface area contributed by atoms with E-state index in [1.807, 2.05) is 6.07 Å². The molecule has 0 spiro atoms. The van der Waals surface area contributed by atoms with Crippen LogP contribution in [-0.4, -0.2) is 36.3 Å². The number of amides is 1. The van der Waals surface area contributed by atoms with E-state index in [1.54, 1.807) is 25.4 Å². The lowest BCUT2D eigenvalue weighted by atomic mass is 9.85. The molecule has 0 saturated carbocycles. The van der Waals surface area contributed by atoms with Gasteiger partial charge in [-0.2, -0.15) is 0 Å². The summed E-state index contributed by atoms with van der Waals surface area (Å²) in [6.45, 7) is 1.75. The third-order valence-electron chi connectivity index (χ3n) is 3.47. The highest BCUT2D eigenvalue weighted by Crippen LogP contribution is 2.36. The Hall–Kier alpha value is -1.51.